The van der Waals surface area contributed by atoms with Gasteiger partial charge in [-0.25, -0.2) is 5.01 Å². The van der Waals surface area contributed by atoms with Gasteiger partial charge in [0.25, 0.3) is 0 Å². The van der Waals surface area contributed by atoms with Gasteiger partial charge in [-0.05, 0) is 23.8 Å². The quantitative estimate of drug-likeness (QED) is 0.369. The molecule has 7 nitrogen and oxygen atoms in total. The van der Waals surface area contributed by atoms with E-state index in [9.17, 15) is 14.7 Å². The van der Waals surface area contributed by atoms with Crippen molar-refractivity contribution in [3.05, 3.63) is 23.8 Å². The zero-order valence-electron chi connectivity index (χ0n) is 9.33. The Balaban J connectivity index is 2.12. The average molecular weight is 249 g/mol. The van der Waals surface area contributed by atoms with E-state index in [1.807, 2.05) is 0 Å². The van der Waals surface area contributed by atoms with E-state index >= 15 is 0 Å². The van der Waals surface area contributed by atoms with Gasteiger partial charge >= 0.3 is 11.8 Å². The van der Waals surface area contributed by atoms with Crippen molar-refractivity contribution in [2.75, 3.05) is 13.1 Å². The Hall–Kier alpha value is -2.57. The minimum absolute atomic E-state index is 0.236. The van der Waals surface area contributed by atoms with E-state index in [0.717, 1.165) is 5.01 Å². The molecule has 1 saturated heterocycles. The first kappa shape index (κ1) is 11.9. The van der Waals surface area contributed by atoms with Crippen LogP contribution < -0.4 is 5.32 Å². The highest BCUT2D eigenvalue weighted by molar-refractivity contribution is 6.35. The predicted octanol–water partition coefficient (Wildman–Crippen LogP) is -0.610. The number of carbonyl (C=O) groups is 2. The summed E-state index contributed by atoms with van der Waals surface area (Å²) < 4.78 is 0. The van der Waals surface area contributed by atoms with E-state index in [0.29, 0.717) is 18.7 Å². The monoisotopic (exact) mass is 249 g/mol. The molecule has 1 aromatic rings. The molecule has 94 valence electrons. The summed E-state index contributed by atoms with van der Waals surface area (Å²) in [7, 11) is 0. The van der Waals surface area contributed by atoms with Gasteiger partial charge in [-0.2, -0.15) is 5.10 Å². The molecule has 0 aliphatic carbocycles. The molecule has 1 aliphatic rings. The maximum atomic E-state index is 11.4. The van der Waals surface area contributed by atoms with Crippen LogP contribution in [0.1, 0.15) is 5.56 Å². The van der Waals surface area contributed by atoms with Crippen molar-refractivity contribution in [3.63, 3.8) is 0 Å². The molecule has 1 fully saturated rings. The third-order valence-electron chi connectivity index (χ3n) is 2.38. The first-order chi connectivity index (χ1) is 8.58. The lowest BCUT2D eigenvalue weighted by molar-refractivity contribution is -0.148. The summed E-state index contributed by atoms with van der Waals surface area (Å²) in [4.78, 5) is 22.4. The SMILES string of the molecule is O=C1NCCN(/N=C/c2ccc(O)c(O)c2)C1=O. The number of phenolic OH excluding ortho intramolecular Hbond substituents is 2. The third-order valence-corrected chi connectivity index (χ3v) is 2.38. The van der Waals surface area contributed by atoms with Crippen LogP contribution in [0.15, 0.2) is 23.3 Å². The zero-order chi connectivity index (χ0) is 13.1. The Kier molecular flexibility index (Phi) is 3.13. The molecule has 0 aromatic heterocycles. The Morgan fingerprint density at radius 3 is 2.78 bits per heavy atom. The molecule has 0 atom stereocenters. The second-order valence-corrected chi connectivity index (χ2v) is 3.68. The second-order valence-electron chi connectivity index (χ2n) is 3.68. The van der Waals surface area contributed by atoms with E-state index in [2.05, 4.69) is 10.4 Å². The first-order valence-corrected chi connectivity index (χ1v) is 5.23. The molecular formula is C11H11N3O4. The van der Waals surface area contributed by atoms with Crippen LogP contribution in [-0.4, -0.2) is 46.3 Å². The number of hydrogen-bond donors (Lipinski definition) is 3. The van der Waals surface area contributed by atoms with Crippen molar-refractivity contribution in [3.8, 4) is 11.5 Å². The van der Waals surface area contributed by atoms with Crippen molar-refractivity contribution in [1.29, 1.82) is 0 Å². The van der Waals surface area contributed by atoms with Gasteiger partial charge in [-0.15, -0.1) is 0 Å². The number of benzene rings is 1. The summed E-state index contributed by atoms with van der Waals surface area (Å²) in [6.07, 6.45) is 1.33. The molecule has 1 heterocycles. The number of aromatic hydroxyl groups is 2. The standard InChI is InChI=1S/C11H11N3O4/c15-8-2-1-7(5-9(8)16)6-13-14-4-3-12-10(17)11(14)18/h1-2,5-6,15-16H,3-4H2,(H,12,17)/b13-6+. The van der Waals surface area contributed by atoms with Gasteiger partial charge in [0, 0.05) is 6.54 Å². The lowest BCUT2D eigenvalue weighted by atomic mass is 10.2. The van der Waals surface area contributed by atoms with Crippen LogP contribution in [0.5, 0.6) is 11.5 Å². The molecule has 0 bridgehead atoms. The summed E-state index contributed by atoms with van der Waals surface area (Å²) in [6.45, 7) is 0.647. The van der Waals surface area contributed by atoms with Gasteiger partial charge < -0.3 is 15.5 Å². The van der Waals surface area contributed by atoms with Gasteiger partial charge in [0.15, 0.2) is 11.5 Å². The minimum atomic E-state index is -0.722. The van der Waals surface area contributed by atoms with E-state index < -0.39 is 11.8 Å². The summed E-state index contributed by atoms with van der Waals surface area (Å²) in [5.41, 5.74) is 0.504. The number of hydrogen-bond acceptors (Lipinski definition) is 5. The van der Waals surface area contributed by atoms with Gasteiger partial charge in [-0.3, -0.25) is 9.59 Å². The second kappa shape index (κ2) is 4.74. The van der Waals surface area contributed by atoms with Crippen molar-refractivity contribution in [2.24, 2.45) is 5.10 Å². The van der Waals surface area contributed by atoms with Crippen LogP contribution in [0, 0.1) is 0 Å². The molecule has 7 heteroatoms. The van der Waals surface area contributed by atoms with E-state index in [-0.39, 0.29) is 11.5 Å². The van der Waals surface area contributed by atoms with Gasteiger partial charge in [0.2, 0.25) is 0 Å². The van der Waals surface area contributed by atoms with Crippen LogP contribution in [0.25, 0.3) is 0 Å². The van der Waals surface area contributed by atoms with Gasteiger partial charge in [-0.1, -0.05) is 0 Å². The number of nitrogens with one attached hydrogen (secondary N) is 1. The van der Waals surface area contributed by atoms with Gasteiger partial charge in [0.05, 0.1) is 12.8 Å². The van der Waals surface area contributed by atoms with Crippen molar-refractivity contribution >= 4 is 18.0 Å². The molecule has 0 radical (unpaired) electrons. The number of carbonyl (C=O) groups excluding carboxylic acids is 2. The van der Waals surface area contributed by atoms with Crippen LogP contribution in [0.3, 0.4) is 0 Å². The highest BCUT2D eigenvalue weighted by Crippen LogP contribution is 2.24. The molecular weight excluding hydrogens is 238 g/mol. The largest absolute Gasteiger partial charge is 0.504 e. The molecule has 0 spiro atoms. The van der Waals surface area contributed by atoms with Gasteiger partial charge in [0.1, 0.15) is 0 Å². The van der Waals surface area contributed by atoms with Crippen molar-refractivity contribution < 1.29 is 19.8 Å². The molecule has 2 amide bonds. The highest BCUT2D eigenvalue weighted by atomic mass is 16.3. The van der Waals surface area contributed by atoms with Crippen LogP contribution in [0.4, 0.5) is 0 Å². The molecule has 18 heavy (non-hydrogen) atoms. The molecule has 1 aliphatic heterocycles. The molecule has 2 rings (SSSR count). The Labute approximate surface area is 102 Å². The van der Waals surface area contributed by atoms with Crippen molar-refractivity contribution in [1.82, 2.24) is 10.3 Å². The highest BCUT2D eigenvalue weighted by Gasteiger charge is 2.25. The lowest BCUT2D eigenvalue weighted by Crippen LogP contribution is -2.49. The third kappa shape index (κ3) is 2.40. The van der Waals surface area contributed by atoms with E-state index in [1.54, 1.807) is 0 Å². The Morgan fingerprint density at radius 1 is 1.28 bits per heavy atom. The summed E-state index contributed by atoms with van der Waals surface area (Å²) in [5, 5.41) is 25.7. The molecule has 1 aromatic carbocycles. The normalized spacial score (nSPS) is 16.1. The Bertz CT molecular complexity index is 527. The number of amides is 2. The van der Waals surface area contributed by atoms with E-state index in [1.165, 1.54) is 24.4 Å². The maximum absolute atomic E-state index is 11.4. The fourth-order valence-electron chi connectivity index (χ4n) is 1.44. The van der Waals surface area contributed by atoms with Crippen LogP contribution in [0.2, 0.25) is 0 Å². The van der Waals surface area contributed by atoms with Crippen molar-refractivity contribution in [2.45, 2.75) is 0 Å². The lowest BCUT2D eigenvalue weighted by Gasteiger charge is -2.21. The fourth-order valence-corrected chi connectivity index (χ4v) is 1.44. The molecule has 3 N–H and O–H groups in total. The van der Waals surface area contributed by atoms with Crippen LogP contribution in [-0.2, 0) is 9.59 Å². The smallest absolute Gasteiger partial charge is 0.331 e. The number of piperazine rings is 1. The maximum Gasteiger partial charge on any atom is 0.331 e. The molecule has 0 saturated carbocycles. The minimum Gasteiger partial charge on any atom is -0.504 e. The summed E-state index contributed by atoms with van der Waals surface area (Å²) >= 11 is 0. The summed E-state index contributed by atoms with van der Waals surface area (Å²) in [6, 6.07) is 4.13. The number of nitrogens with zero attached hydrogens (tertiary/aromatic N) is 2. The zero-order valence-corrected chi connectivity index (χ0v) is 9.33. The van der Waals surface area contributed by atoms with E-state index in [4.69, 9.17) is 5.11 Å². The summed E-state index contributed by atoms with van der Waals surface area (Å²) in [5.74, 6) is -1.92. The first-order valence-electron chi connectivity index (χ1n) is 5.23. The number of hydrazone groups is 1. The average Bonchev–Trinajstić information content (AvgIpc) is 2.35. The van der Waals surface area contributed by atoms with Crippen LogP contribution >= 0.6 is 0 Å². The molecule has 0 unspecified atom stereocenters. The topological polar surface area (TPSA) is 102 Å². The number of rotatable bonds is 2. The number of phenols is 2. The predicted molar refractivity (Wildman–Crippen MR) is 62.1 cm³/mol. The fraction of sp³-hybridized carbons (Fsp3) is 0.182. The Morgan fingerprint density at radius 2 is 2.06 bits per heavy atom.